The molecular weight excluding hydrogens is 314 g/mol. The number of carbonyl (C=O) groups excluding carboxylic acids is 1. The highest BCUT2D eigenvalue weighted by Crippen LogP contribution is 2.38. The lowest BCUT2D eigenvalue weighted by molar-refractivity contribution is 0.0972. The zero-order valence-electron chi connectivity index (χ0n) is 14.4. The molecule has 1 aromatic heterocycles. The molecule has 5 nitrogen and oxygen atoms in total. The zero-order chi connectivity index (χ0) is 17.2. The summed E-state index contributed by atoms with van der Waals surface area (Å²) in [6.45, 7) is 4.05. The van der Waals surface area contributed by atoms with Gasteiger partial charge in [-0.2, -0.15) is 0 Å². The minimum atomic E-state index is -0.514. The fourth-order valence-electron chi connectivity index (χ4n) is 4.42. The highest BCUT2D eigenvalue weighted by Gasteiger charge is 2.42. The van der Waals surface area contributed by atoms with Crippen molar-refractivity contribution in [2.45, 2.75) is 32.0 Å². The number of benzene rings is 1. The van der Waals surface area contributed by atoms with E-state index in [1.807, 2.05) is 6.07 Å². The number of rotatable bonds is 6. The Balaban J connectivity index is 1.31. The topological polar surface area (TPSA) is 71.5 Å². The number of nitrogens with two attached hydrogens (primary N) is 1. The highest BCUT2D eigenvalue weighted by molar-refractivity contribution is 5.89. The van der Waals surface area contributed by atoms with Gasteiger partial charge < -0.3 is 15.5 Å². The van der Waals surface area contributed by atoms with Crippen molar-refractivity contribution in [3.05, 3.63) is 59.5 Å². The van der Waals surface area contributed by atoms with Crippen molar-refractivity contribution in [1.82, 2.24) is 10.2 Å². The molecule has 1 aromatic carbocycles. The van der Waals surface area contributed by atoms with Crippen molar-refractivity contribution >= 4 is 5.91 Å². The lowest BCUT2D eigenvalue weighted by atomic mass is 9.98. The molecule has 2 heterocycles. The molecule has 2 fully saturated rings. The molecule has 5 heteroatoms. The van der Waals surface area contributed by atoms with Gasteiger partial charge in [0.25, 0.3) is 5.91 Å². The van der Waals surface area contributed by atoms with Crippen LogP contribution in [-0.4, -0.2) is 29.9 Å². The maximum atomic E-state index is 11.1. The first-order valence-electron chi connectivity index (χ1n) is 9.07. The number of carbonyl (C=O) groups is 1. The van der Waals surface area contributed by atoms with Crippen LogP contribution in [0.25, 0.3) is 0 Å². The third kappa shape index (κ3) is 3.62. The van der Waals surface area contributed by atoms with Crippen LogP contribution in [0.2, 0.25) is 0 Å². The summed E-state index contributed by atoms with van der Waals surface area (Å²) in [5, 5.41) is 3.63. The summed E-state index contributed by atoms with van der Waals surface area (Å²) >= 11 is 0. The summed E-state index contributed by atoms with van der Waals surface area (Å²) in [5.74, 6) is 1.99. The van der Waals surface area contributed by atoms with Gasteiger partial charge in [-0.15, -0.1) is 0 Å². The first-order chi connectivity index (χ1) is 12.2. The van der Waals surface area contributed by atoms with Crippen LogP contribution in [0.3, 0.4) is 0 Å². The summed E-state index contributed by atoms with van der Waals surface area (Å²) in [7, 11) is 0. The van der Waals surface area contributed by atoms with Crippen LogP contribution in [-0.2, 0) is 13.1 Å². The summed E-state index contributed by atoms with van der Waals surface area (Å²) in [4.78, 5) is 13.7. The standard InChI is InChI=1S/C20H25N3O2/c21-20(24)19-9-7-16(25-19)10-22-18-8-6-15-12-23(13-17(15)18)11-14-4-2-1-3-5-14/h1-5,7,9,15,17-18,22H,6,8,10-13H2,(H2,21,24). The molecule has 25 heavy (non-hydrogen) atoms. The Labute approximate surface area is 148 Å². The molecule has 1 saturated heterocycles. The lowest BCUT2D eigenvalue weighted by Crippen LogP contribution is -2.35. The molecule has 1 amide bonds. The number of nitrogens with zero attached hydrogens (tertiary/aromatic N) is 1. The Morgan fingerprint density at radius 2 is 2.00 bits per heavy atom. The summed E-state index contributed by atoms with van der Waals surface area (Å²) < 4.78 is 5.47. The van der Waals surface area contributed by atoms with E-state index in [9.17, 15) is 4.79 Å². The Morgan fingerprint density at radius 1 is 1.16 bits per heavy atom. The van der Waals surface area contributed by atoms with E-state index in [1.54, 1.807) is 6.07 Å². The maximum absolute atomic E-state index is 11.1. The van der Waals surface area contributed by atoms with Gasteiger partial charge in [0, 0.05) is 25.7 Å². The largest absolute Gasteiger partial charge is 0.455 e. The van der Waals surface area contributed by atoms with E-state index in [0.717, 1.165) is 24.8 Å². The number of amides is 1. The van der Waals surface area contributed by atoms with Gasteiger partial charge in [-0.1, -0.05) is 30.3 Å². The molecule has 4 rings (SSSR count). The number of hydrogen-bond acceptors (Lipinski definition) is 4. The second kappa shape index (κ2) is 7.02. The quantitative estimate of drug-likeness (QED) is 0.848. The van der Waals surface area contributed by atoms with Crippen LogP contribution in [0.4, 0.5) is 0 Å². The predicted molar refractivity (Wildman–Crippen MR) is 95.8 cm³/mol. The van der Waals surface area contributed by atoms with E-state index in [2.05, 4.69) is 40.5 Å². The second-order valence-corrected chi connectivity index (χ2v) is 7.30. The molecule has 0 bridgehead atoms. The van der Waals surface area contributed by atoms with Gasteiger partial charge in [0.1, 0.15) is 5.76 Å². The van der Waals surface area contributed by atoms with Crippen molar-refractivity contribution in [2.75, 3.05) is 13.1 Å². The minimum Gasteiger partial charge on any atom is -0.455 e. The third-order valence-corrected chi connectivity index (χ3v) is 5.62. The normalized spacial score (nSPS) is 26.0. The Kier molecular flexibility index (Phi) is 4.59. The average molecular weight is 339 g/mol. The van der Waals surface area contributed by atoms with Crippen LogP contribution in [0.15, 0.2) is 46.9 Å². The van der Waals surface area contributed by atoms with Crippen molar-refractivity contribution in [3.8, 4) is 0 Å². The zero-order valence-corrected chi connectivity index (χ0v) is 14.4. The molecule has 1 aliphatic heterocycles. The van der Waals surface area contributed by atoms with Gasteiger partial charge in [0.05, 0.1) is 6.54 Å². The minimum absolute atomic E-state index is 0.232. The molecule has 3 N–H and O–H groups in total. The van der Waals surface area contributed by atoms with E-state index in [4.69, 9.17) is 10.2 Å². The molecule has 2 aliphatic rings. The molecule has 0 radical (unpaired) electrons. The number of furan rings is 1. The number of primary amides is 1. The monoisotopic (exact) mass is 339 g/mol. The van der Waals surface area contributed by atoms with Gasteiger partial charge in [-0.05, 0) is 42.4 Å². The molecular formula is C20H25N3O2. The SMILES string of the molecule is NC(=O)c1ccc(CNC2CCC3CN(Cc4ccccc4)CC32)o1. The van der Waals surface area contributed by atoms with E-state index in [1.165, 1.54) is 24.9 Å². The Bertz CT molecular complexity index is 728. The molecule has 2 aromatic rings. The Hall–Kier alpha value is -2.11. The fraction of sp³-hybridized carbons (Fsp3) is 0.450. The molecule has 132 valence electrons. The van der Waals surface area contributed by atoms with E-state index < -0.39 is 5.91 Å². The van der Waals surface area contributed by atoms with E-state index >= 15 is 0 Å². The van der Waals surface area contributed by atoms with Crippen LogP contribution in [0.1, 0.15) is 34.7 Å². The smallest absolute Gasteiger partial charge is 0.284 e. The van der Waals surface area contributed by atoms with Crippen LogP contribution in [0, 0.1) is 11.8 Å². The van der Waals surface area contributed by atoms with Gasteiger partial charge in [0.15, 0.2) is 5.76 Å². The van der Waals surface area contributed by atoms with Crippen molar-refractivity contribution in [3.63, 3.8) is 0 Å². The molecule has 1 aliphatic carbocycles. The molecule has 1 saturated carbocycles. The molecule has 3 unspecified atom stereocenters. The lowest BCUT2D eigenvalue weighted by Gasteiger charge is -2.21. The van der Waals surface area contributed by atoms with Crippen LogP contribution in [0.5, 0.6) is 0 Å². The third-order valence-electron chi connectivity index (χ3n) is 5.62. The van der Waals surface area contributed by atoms with Crippen molar-refractivity contribution in [1.29, 1.82) is 0 Å². The predicted octanol–water partition coefficient (Wildman–Crippen LogP) is 2.38. The van der Waals surface area contributed by atoms with Gasteiger partial charge in [-0.3, -0.25) is 9.69 Å². The van der Waals surface area contributed by atoms with Gasteiger partial charge in [0.2, 0.25) is 0 Å². The number of nitrogens with one attached hydrogen (secondary N) is 1. The van der Waals surface area contributed by atoms with Crippen molar-refractivity contribution < 1.29 is 9.21 Å². The number of hydrogen-bond donors (Lipinski definition) is 2. The maximum Gasteiger partial charge on any atom is 0.284 e. The van der Waals surface area contributed by atoms with Crippen LogP contribution < -0.4 is 11.1 Å². The molecule has 0 spiro atoms. The van der Waals surface area contributed by atoms with E-state index in [-0.39, 0.29) is 5.76 Å². The highest BCUT2D eigenvalue weighted by atomic mass is 16.3. The summed E-state index contributed by atoms with van der Waals surface area (Å²) in [6, 6.07) is 14.7. The summed E-state index contributed by atoms with van der Waals surface area (Å²) in [6.07, 6.45) is 2.51. The van der Waals surface area contributed by atoms with Crippen molar-refractivity contribution in [2.24, 2.45) is 17.6 Å². The van der Waals surface area contributed by atoms with Crippen LogP contribution >= 0.6 is 0 Å². The van der Waals surface area contributed by atoms with Gasteiger partial charge >= 0.3 is 0 Å². The Morgan fingerprint density at radius 3 is 2.76 bits per heavy atom. The second-order valence-electron chi connectivity index (χ2n) is 7.30. The first-order valence-corrected chi connectivity index (χ1v) is 9.07. The number of likely N-dealkylation sites (tertiary alicyclic amines) is 1. The first kappa shape index (κ1) is 16.4. The summed E-state index contributed by atoms with van der Waals surface area (Å²) in [5.41, 5.74) is 6.63. The van der Waals surface area contributed by atoms with Gasteiger partial charge in [-0.25, -0.2) is 0 Å². The molecule has 3 atom stereocenters. The average Bonchev–Trinajstić information content (AvgIpc) is 3.30. The fourth-order valence-corrected chi connectivity index (χ4v) is 4.42. The van der Waals surface area contributed by atoms with E-state index in [0.29, 0.717) is 18.5 Å². The number of fused-ring (bicyclic) bond motifs is 1.